The average molecular weight is 418 g/mol. The van der Waals surface area contributed by atoms with Crippen LogP contribution in [0.5, 0.6) is 0 Å². The quantitative estimate of drug-likeness (QED) is 0.724. The maximum atomic E-state index is 13.4. The lowest BCUT2D eigenvalue weighted by Gasteiger charge is -2.33. The van der Waals surface area contributed by atoms with Gasteiger partial charge in [-0.3, -0.25) is 9.48 Å². The number of benzene rings is 1. The van der Waals surface area contributed by atoms with Gasteiger partial charge in [0.15, 0.2) is 0 Å². The summed E-state index contributed by atoms with van der Waals surface area (Å²) in [7, 11) is 1.73. The van der Waals surface area contributed by atoms with Gasteiger partial charge in [0.25, 0.3) is 5.91 Å². The molecule has 2 aromatic rings. The molecule has 0 saturated carbocycles. The summed E-state index contributed by atoms with van der Waals surface area (Å²) in [4.78, 5) is 29.0. The zero-order valence-corrected chi connectivity index (χ0v) is 17.0. The Labute approximate surface area is 172 Å². The molecule has 4 rings (SSSR count). The normalized spacial score (nSPS) is 19.0. The molecule has 0 saturated heterocycles. The van der Waals surface area contributed by atoms with Crippen LogP contribution in [0.3, 0.4) is 0 Å². The molecule has 0 radical (unpaired) electrons. The fraction of sp³-hybridized carbons (Fsp3) is 0.350. The van der Waals surface area contributed by atoms with Gasteiger partial charge in [-0.1, -0.05) is 18.2 Å². The molecule has 1 aromatic carbocycles. The van der Waals surface area contributed by atoms with Crippen LogP contribution in [0.15, 0.2) is 30.4 Å². The molecular formula is C20H21ClFN5O2. The number of urea groups is 1. The lowest BCUT2D eigenvalue weighted by Crippen LogP contribution is -2.45. The van der Waals surface area contributed by atoms with Gasteiger partial charge in [-0.15, -0.1) is 0 Å². The van der Waals surface area contributed by atoms with Crippen molar-refractivity contribution in [2.75, 3.05) is 18.9 Å². The van der Waals surface area contributed by atoms with Crippen molar-refractivity contribution in [2.45, 2.75) is 32.5 Å². The Morgan fingerprint density at radius 2 is 2.10 bits per heavy atom. The molecule has 7 nitrogen and oxygen atoms in total. The van der Waals surface area contributed by atoms with E-state index in [1.54, 1.807) is 21.5 Å². The number of nitrogens with one attached hydrogen (secondary N) is 1. The zero-order chi connectivity index (χ0) is 20.9. The van der Waals surface area contributed by atoms with Crippen LogP contribution in [0.1, 0.15) is 28.7 Å². The van der Waals surface area contributed by atoms with Crippen molar-refractivity contribution in [2.24, 2.45) is 0 Å². The van der Waals surface area contributed by atoms with E-state index in [1.165, 1.54) is 18.2 Å². The molecule has 0 unspecified atom stereocenters. The van der Waals surface area contributed by atoms with Gasteiger partial charge >= 0.3 is 6.03 Å². The highest BCUT2D eigenvalue weighted by Gasteiger charge is 2.36. The summed E-state index contributed by atoms with van der Waals surface area (Å²) < 4.78 is 15.1. The van der Waals surface area contributed by atoms with Crippen LogP contribution in [-0.4, -0.2) is 51.2 Å². The SMILES string of the molecule is C=C1CN(C)C(=O)c2c3c(nn2C1)C[C@@H](C)N(C(=O)Nc1ccc(F)c(Cl)c1)C3. The van der Waals surface area contributed by atoms with Crippen molar-refractivity contribution < 1.29 is 14.0 Å². The maximum Gasteiger partial charge on any atom is 0.322 e. The first-order chi connectivity index (χ1) is 13.7. The van der Waals surface area contributed by atoms with Crippen molar-refractivity contribution in [3.63, 3.8) is 0 Å². The van der Waals surface area contributed by atoms with E-state index in [0.717, 1.165) is 16.8 Å². The topological polar surface area (TPSA) is 70.5 Å². The van der Waals surface area contributed by atoms with Gasteiger partial charge in [0.2, 0.25) is 0 Å². The van der Waals surface area contributed by atoms with E-state index >= 15 is 0 Å². The van der Waals surface area contributed by atoms with Crippen molar-refractivity contribution in [1.29, 1.82) is 0 Å². The summed E-state index contributed by atoms with van der Waals surface area (Å²) in [5.74, 6) is -0.676. The van der Waals surface area contributed by atoms with E-state index < -0.39 is 5.82 Å². The third kappa shape index (κ3) is 3.48. The number of fused-ring (bicyclic) bond motifs is 3. The predicted octanol–water partition coefficient (Wildman–Crippen LogP) is 3.30. The Morgan fingerprint density at radius 3 is 2.83 bits per heavy atom. The number of amides is 3. The number of halogens is 2. The molecule has 0 bridgehead atoms. The van der Waals surface area contributed by atoms with Gasteiger partial charge in [0.1, 0.15) is 11.5 Å². The summed E-state index contributed by atoms with van der Waals surface area (Å²) in [6.07, 6.45) is 0.538. The number of rotatable bonds is 1. The number of anilines is 1. The van der Waals surface area contributed by atoms with Crippen LogP contribution < -0.4 is 5.32 Å². The van der Waals surface area contributed by atoms with Gasteiger partial charge in [-0.25, -0.2) is 9.18 Å². The second-order valence-electron chi connectivity index (χ2n) is 7.58. The molecular weight excluding hydrogens is 397 g/mol. The fourth-order valence-corrected chi connectivity index (χ4v) is 4.02. The maximum absolute atomic E-state index is 13.4. The number of carbonyl (C=O) groups is 2. The van der Waals surface area contributed by atoms with Crippen molar-refractivity contribution in [3.8, 4) is 0 Å². The molecule has 0 spiro atoms. The number of nitrogens with zero attached hydrogens (tertiary/aromatic N) is 4. The fourth-order valence-electron chi connectivity index (χ4n) is 3.84. The molecule has 1 atom stereocenters. The van der Waals surface area contributed by atoms with E-state index in [2.05, 4.69) is 17.0 Å². The van der Waals surface area contributed by atoms with Crippen molar-refractivity contribution in [3.05, 3.63) is 58.1 Å². The van der Waals surface area contributed by atoms with Gasteiger partial charge in [0.05, 0.1) is 23.8 Å². The Hall–Kier alpha value is -2.87. The van der Waals surface area contributed by atoms with E-state index in [1.807, 2.05) is 6.92 Å². The standard InChI is InChI=1S/C20H21ClFN5O2/c1-11-8-25(3)19(28)18-14-10-26(12(2)6-17(14)24-27(18)9-11)20(29)23-13-4-5-16(22)15(21)7-13/h4-5,7,12H,1,6,8-10H2,2-3H3,(H,23,29)/t12-/m1/s1. The monoisotopic (exact) mass is 417 g/mol. The number of hydrogen-bond acceptors (Lipinski definition) is 3. The Balaban J connectivity index is 1.62. The summed E-state index contributed by atoms with van der Waals surface area (Å²) in [6, 6.07) is 3.56. The molecule has 152 valence electrons. The van der Waals surface area contributed by atoms with Crippen LogP contribution in [0, 0.1) is 5.82 Å². The molecule has 0 aliphatic carbocycles. The third-order valence-corrected chi connectivity index (χ3v) is 5.59. The number of hydrogen-bond donors (Lipinski definition) is 1. The van der Waals surface area contributed by atoms with Gasteiger partial charge < -0.3 is 15.1 Å². The highest BCUT2D eigenvalue weighted by atomic mass is 35.5. The summed E-state index contributed by atoms with van der Waals surface area (Å²) in [6.45, 7) is 7.16. The van der Waals surface area contributed by atoms with Crippen LogP contribution >= 0.6 is 11.6 Å². The van der Waals surface area contributed by atoms with Crippen molar-refractivity contribution in [1.82, 2.24) is 19.6 Å². The highest BCUT2D eigenvalue weighted by molar-refractivity contribution is 6.31. The summed E-state index contributed by atoms with van der Waals surface area (Å²) in [5, 5.41) is 7.32. The Bertz CT molecular complexity index is 1030. The number of carbonyl (C=O) groups excluding carboxylic acids is 2. The first kappa shape index (κ1) is 19.4. The Kier molecular flexibility index (Phi) is 4.82. The van der Waals surface area contributed by atoms with Crippen LogP contribution in [0.2, 0.25) is 5.02 Å². The smallest absolute Gasteiger partial charge is 0.322 e. The molecule has 29 heavy (non-hydrogen) atoms. The lowest BCUT2D eigenvalue weighted by molar-refractivity contribution is 0.0801. The highest BCUT2D eigenvalue weighted by Crippen LogP contribution is 2.29. The minimum absolute atomic E-state index is 0.0624. The molecule has 1 N–H and O–H groups in total. The largest absolute Gasteiger partial charge is 0.336 e. The molecule has 2 aliphatic heterocycles. The zero-order valence-electron chi connectivity index (χ0n) is 16.2. The van der Waals surface area contributed by atoms with Crippen LogP contribution in [-0.2, 0) is 19.5 Å². The Morgan fingerprint density at radius 1 is 1.34 bits per heavy atom. The van der Waals surface area contributed by atoms with Crippen LogP contribution in [0.25, 0.3) is 0 Å². The summed E-state index contributed by atoms with van der Waals surface area (Å²) >= 11 is 5.80. The third-order valence-electron chi connectivity index (χ3n) is 5.30. The molecule has 0 fully saturated rings. The molecule has 3 heterocycles. The van der Waals surface area contributed by atoms with Crippen molar-refractivity contribution >= 4 is 29.2 Å². The molecule has 3 amide bonds. The number of aromatic nitrogens is 2. The lowest BCUT2D eigenvalue weighted by atomic mass is 9.99. The molecule has 1 aromatic heterocycles. The average Bonchev–Trinajstić information content (AvgIpc) is 2.94. The second-order valence-corrected chi connectivity index (χ2v) is 7.99. The minimum atomic E-state index is -0.549. The van der Waals surface area contributed by atoms with E-state index in [-0.39, 0.29) is 29.5 Å². The van der Waals surface area contributed by atoms with E-state index in [4.69, 9.17) is 11.6 Å². The van der Waals surface area contributed by atoms with Gasteiger partial charge in [-0.2, -0.15) is 5.10 Å². The minimum Gasteiger partial charge on any atom is -0.336 e. The molecule has 9 heteroatoms. The van der Waals surface area contributed by atoms with E-state index in [9.17, 15) is 14.0 Å². The van der Waals surface area contributed by atoms with Crippen LogP contribution in [0.4, 0.5) is 14.9 Å². The van der Waals surface area contributed by atoms with Gasteiger partial charge in [-0.05, 0) is 30.7 Å². The first-order valence-electron chi connectivity index (χ1n) is 9.28. The first-order valence-corrected chi connectivity index (χ1v) is 9.65. The van der Waals surface area contributed by atoms with E-state index in [0.29, 0.717) is 30.9 Å². The van der Waals surface area contributed by atoms with Gasteiger partial charge in [0, 0.05) is 37.3 Å². The molecule has 2 aliphatic rings. The number of likely N-dealkylation sites (N-methyl/N-ethyl adjacent to an activating group) is 1. The summed E-state index contributed by atoms with van der Waals surface area (Å²) in [5.41, 5.74) is 3.41. The predicted molar refractivity (Wildman–Crippen MR) is 107 cm³/mol. The second kappa shape index (κ2) is 7.18.